The van der Waals surface area contributed by atoms with Gasteiger partial charge in [0.1, 0.15) is 0 Å². The van der Waals surface area contributed by atoms with E-state index >= 15 is 0 Å². The highest BCUT2D eigenvalue weighted by Crippen LogP contribution is 2.42. The predicted molar refractivity (Wildman–Crippen MR) is 62.9 cm³/mol. The molecule has 94 valence electrons. The van der Waals surface area contributed by atoms with E-state index in [0.29, 0.717) is 18.9 Å². The van der Waals surface area contributed by atoms with Gasteiger partial charge in [0, 0.05) is 0 Å². The maximum atomic E-state index is 11.9. The third-order valence-corrected chi connectivity index (χ3v) is 3.56. The SMILES string of the molecule is CCOC(=O)C(C(C)C)C1(O)CCC(C)C1. The second kappa shape index (κ2) is 5.17. The average Bonchev–Trinajstić information content (AvgIpc) is 2.46. The van der Waals surface area contributed by atoms with Crippen LogP contribution in [0.1, 0.15) is 47.0 Å². The molecule has 0 aromatic carbocycles. The first kappa shape index (κ1) is 13.5. The van der Waals surface area contributed by atoms with Crippen LogP contribution in [-0.2, 0) is 9.53 Å². The topological polar surface area (TPSA) is 46.5 Å². The van der Waals surface area contributed by atoms with Gasteiger partial charge in [0.15, 0.2) is 0 Å². The smallest absolute Gasteiger partial charge is 0.312 e. The van der Waals surface area contributed by atoms with Crippen molar-refractivity contribution in [1.82, 2.24) is 0 Å². The molecule has 1 aliphatic rings. The van der Waals surface area contributed by atoms with Crippen LogP contribution >= 0.6 is 0 Å². The lowest BCUT2D eigenvalue weighted by atomic mass is 9.78. The van der Waals surface area contributed by atoms with Gasteiger partial charge in [-0.2, -0.15) is 0 Å². The van der Waals surface area contributed by atoms with E-state index in [9.17, 15) is 9.90 Å². The number of hydrogen-bond donors (Lipinski definition) is 1. The summed E-state index contributed by atoms with van der Waals surface area (Å²) in [5.41, 5.74) is -0.847. The minimum Gasteiger partial charge on any atom is -0.466 e. The van der Waals surface area contributed by atoms with E-state index in [4.69, 9.17) is 4.74 Å². The average molecular weight is 228 g/mol. The third kappa shape index (κ3) is 2.76. The van der Waals surface area contributed by atoms with Gasteiger partial charge in [0.05, 0.1) is 18.1 Å². The molecule has 0 heterocycles. The summed E-state index contributed by atoms with van der Waals surface area (Å²) >= 11 is 0. The third-order valence-electron chi connectivity index (χ3n) is 3.56. The number of esters is 1. The zero-order valence-corrected chi connectivity index (χ0v) is 10.8. The van der Waals surface area contributed by atoms with E-state index < -0.39 is 5.60 Å². The molecule has 0 aliphatic heterocycles. The van der Waals surface area contributed by atoms with Crippen LogP contribution in [0.2, 0.25) is 0 Å². The molecular formula is C13H24O3. The maximum Gasteiger partial charge on any atom is 0.312 e. The van der Waals surface area contributed by atoms with Gasteiger partial charge in [-0.1, -0.05) is 20.8 Å². The first-order valence-corrected chi connectivity index (χ1v) is 6.29. The molecule has 0 bridgehead atoms. The van der Waals surface area contributed by atoms with Gasteiger partial charge in [-0.25, -0.2) is 0 Å². The lowest BCUT2D eigenvalue weighted by Gasteiger charge is -2.33. The van der Waals surface area contributed by atoms with E-state index in [1.807, 2.05) is 13.8 Å². The van der Waals surface area contributed by atoms with E-state index in [2.05, 4.69) is 6.92 Å². The fourth-order valence-electron chi connectivity index (χ4n) is 2.93. The van der Waals surface area contributed by atoms with Crippen LogP contribution in [0.5, 0.6) is 0 Å². The zero-order chi connectivity index (χ0) is 12.3. The van der Waals surface area contributed by atoms with Crippen LogP contribution in [0.4, 0.5) is 0 Å². The Morgan fingerprint density at radius 1 is 1.56 bits per heavy atom. The number of hydrogen-bond acceptors (Lipinski definition) is 3. The Morgan fingerprint density at radius 2 is 2.19 bits per heavy atom. The second-order valence-electron chi connectivity index (χ2n) is 5.43. The van der Waals surface area contributed by atoms with Gasteiger partial charge in [-0.3, -0.25) is 4.79 Å². The molecule has 0 radical (unpaired) electrons. The molecule has 0 aromatic rings. The van der Waals surface area contributed by atoms with Crippen LogP contribution in [0.25, 0.3) is 0 Å². The van der Waals surface area contributed by atoms with Crippen LogP contribution in [0, 0.1) is 17.8 Å². The molecule has 3 nitrogen and oxygen atoms in total. The zero-order valence-electron chi connectivity index (χ0n) is 10.8. The lowest BCUT2D eigenvalue weighted by molar-refractivity contribution is -0.161. The highest BCUT2D eigenvalue weighted by Gasteiger charge is 2.47. The number of aliphatic hydroxyl groups is 1. The summed E-state index contributed by atoms with van der Waals surface area (Å²) in [6.45, 7) is 8.26. The molecular weight excluding hydrogens is 204 g/mol. The van der Waals surface area contributed by atoms with Crippen molar-refractivity contribution in [3.05, 3.63) is 0 Å². The monoisotopic (exact) mass is 228 g/mol. The van der Waals surface area contributed by atoms with E-state index in [0.717, 1.165) is 12.8 Å². The summed E-state index contributed by atoms with van der Waals surface area (Å²) < 4.78 is 5.08. The summed E-state index contributed by atoms with van der Waals surface area (Å²) in [5.74, 6) is 0.00141. The molecule has 0 amide bonds. The Morgan fingerprint density at radius 3 is 2.56 bits per heavy atom. The van der Waals surface area contributed by atoms with Crippen molar-refractivity contribution >= 4 is 5.97 Å². The van der Waals surface area contributed by atoms with E-state index in [1.165, 1.54) is 0 Å². The highest BCUT2D eigenvalue weighted by molar-refractivity contribution is 5.74. The summed E-state index contributed by atoms with van der Waals surface area (Å²) in [6.07, 6.45) is 2.43. The largest absolute Gasteiger partial charge is 0.466 e. The van der Waals surface area contributed by atoms with E-state index in [-0.39, 0.29) is 17.8 Å². The summed E-state index contributed by atoms with van der Waals surface area (Å²) in [5, 5.41) is 10.6. The number of rotatable bonds is 4. The van der Waals surface area contributed by atoms with Crippen molar-refractivity contribution in [2.75, 3.05) is 6.61 Å². The Bertz CT molecular complexity index is 250. The first-order valence-electron chi connectivity index (χ1n) is 6.29. The fourth-order valence-corrected chi connectivity index (χ4v) is 2.93. The van der Waals surface area contributed by atoms with Crippen molar-refractivity contribution < 1.29 is 14.6 Å². The van der Waals surface area contributed by atoms with Gasteiger partial charge in [-0.05, 0) is 38.0 Å². The van der Waals surface area contributed by atoms with Crippen LogP contribution in [0.3, 0.4) is 0 Å². The standard InChI is InChI=1S/C13H24O3/c1-5-16-12(14)11(9(2)3)13(15)7-6-10(4)8-13/h9-11,15H,5-8H2,1-4H3. The minimum atomic E-state index is -0.847. The van der Waals surface area contributed by atoms with Gasteiger partial charge in [-0.15, -0.1) is 0 Å². The van der Waals surface area contributed by atoms with Gasteiger partial charge in [0.25, 0.3) is 0 Å². The highest BCUT2D eigenvalue weighted by atomic mass is 16.5. The fraction of sp³-hybridized carbons (Fsp3) is 0.923. The molecule has 1 N–H and O–H groups in total. The molecule has 3 unspecified atom stereocenters. The van der Waals surface area contributed by atoms with Crippen molar-refractivity contribution in [3.63, 3.8) is 0 Å². The Kier molecular flexibility index (Phi) is 4.36. The Hall–Kier alpha value is -0.570. The molecule has 0 aromatic heterocycles. The molecule has 16 heavy (non-hydrogen) atoms. The van der Waals surface area contributed by atoms with Gasteiger partial charge >= 0.3 is 5.97 Å². The van der Waals surface area contributed by atoms with E-state index in [1.54, 1.807) is 6.92 Å². The Balaban J connectivity index is 2.81. The molecule has 1 saturated carbocycles. The Labute approximate surface area is 98.2 Å². The molecule has 1 rings (SSSR count). The molecule has 3 atom stereocenters. The number of carbonyl (C=O) groups is 1. The number of ether oxygens (including phenoxy) is 1. The van der Waals surface area contributed by atoms with Crippen LogP contribution in [0.15, 0.2) is 0 Å². The first-order chi connectivity index (χ1) is 7.40. The molecule has 1 aliphatic carbocycles. The minimum absolute atomic E-state index is 0.120. The van der Waals surface area contributed by atoms with Crippen molar-refractivity contribution in [3.8, 4) is 0 Å². The summed E-state index contributed by atoms with van der Waals surface area (Å²) in [4.78, 5) is 11.9. The van der Waals surface area contributed by atoms with Gasteiger partial charge in [0.2, 0.25) is 0 Å². The quantitative estimate of drug-likeness (QED) is 0.751. The predicted octanol–water partition coefficient (Wildman–Crippen LogP) is 2.37. The lowest BCUT2D eigenvalue weighted by Crippen LogP contribution is -2.44. The van der Waals surface area contributed by atoms with Crippen LogP contribution < -0.4 is 0 Å². The molecule has 0 saturated heterocycles. The maximum absolute atomic E-state index is 11.9. The summed E-state index contributed by atoms with van der Waals surface area (Å²) in [6, 6.07) is 0. The summed E-state index contributed by atoms with van der Waals surface area (Å²) in [7, 11) is 0. The normalized spacial score (nSPS) is 31.8. The second-order valence-corrected chi connectivity index (χ2v) is 5.43. The van der Waals surface area contributed by atoms with Crippen molar-refractivity contribution in [2.24, 2.45) is 17.8 Å². The number of carbonyl (C=O) groups excluding carboxylic acids is 1. The molecule has 1 fully saturated rings. The van der Waals surface area contributed by atoms with Crippen molar-refractivity contribution in [1.29, 1.82) is 0 Å². The molecule has 3 heteroatoms. The van der Waals surface area contributed by atoms with Crippen LogP contribution in [-0.4, -0.2) is 23.3 Å². The van der Waals surface area contributed by atoms with Gasteiger partial charge < -0.3 is 9.84 Å². The molecule has 0 spiro atoms. The van der Waals surface area contributed by atoms with Crippen molar-refractivity contribution in [2.45, 2.75) is 52.6 Å².